The van der Waals surface area contributed by atoms with Crippen molar-refractivity contribution in [2.24, 2.45) is 4.99 Å². The molecular formula is C13H24ClN3O5. The Labute approximate surface area is 136 Å². The Morgan fingerprint density at radius 1 is 1.32 bits per heavy atom. The van der Waals surface area contributed by atoms with E-state index in [1.54, 1.807) is 34.3 Å². The molecule has 0 aromatic carbocycles. The topological polar surface area (TPSA) is 110 Å². The fourth-order valence-corrected chi connectivity index (χ4v) is 1.70. The Kier molecular flexibility index (Phi) is 9.16. The molecule has 1 heterocycles. The lowest BCUT2D eigenvalue weighted by atomic mass is 10.2. The van der Waals surface area contributed by atoms with Crippen molar-refractivity contribution in [2.45, 2.75) is 26.1 Å². The zero-order chi connectivity index (χ0) is 16.8. The van der Waals surface area contributed by atoms with Crippen LogP contribution in [0.4, 0.5) is 0 Å². The Balaban J connectivity index is 0. The van der Waals surface area contributed by atoms with Crippen LogP contribution in [0.5, 0.6) is 0 Å². The number of carbonyl (C=O) groups is 2. The van der Waals surface area contributed by atoms with Gasteiger partial charge in [-0.3, -0.25) is 0 Å². The highest BCUT2D eigenvalue weighted by Gasteiger charge is 2.42. The number of carboxylic acid groups (broad SMARTS) is 2. The first kappa shape index (κ1) is 22.8. The van der Waals surface area contributed by atoms with Gasteiger partial charge in [0.25, 0.3) is 0 Å². The summed E-state index contributed by atoms with van der Waals surface area (Å²) in [7, 11) is 5.40. The van der Waals surface area contributed by atoms with Gasteiger partial charge in [-0.25, -0.2) is 14.3 Å². The number of hydrogen-bond donors (Lipinski definition) is 2. The maximum absolute atomic E-state index is 10.8. The van der Waals surface area contributed by atoms with E-state index in [0.29, 0.717) is 4.48 Å². The Hall–Kier alpha value is -1.48. The lowest BCUT2D eigenvalue weighted by Gasteiger charge is -2.33. The van der Waals surface area contributed by atoms with Crippen LogP contribution in [0.3, 0.4) is 0 Å². The van der Waals surface area contributed by atoms with Gasteiger partial charge in [-0.05, 0) is 6.92 Å². The predicted octanol–water partition coefficient (Wildman–Crippen LogP) is -4.43. The van der Waals surface area contributed by atoms with Crippen molar-refractivity contribution < 1.29 is 46.3 Å². The third-order valence-corrected chi connectivity index (χ3v) is 2.96. The van der Waals surface area contributed by atoms with Crippen molar-refractivity contribution in [3.8, 4) is 0 Å². The standard InChI is InChI=1S/C8H12N2O3.C5H11NO2.ClH/c1-6(8(12)13)10(7(2)11)4-3-9-5-10;1-6(2,3)4-5(7)8;/h3-7,11H,1-2H3;4H2,1-3H3;1H. The number of carbonyl (C=O) groups excluding carboxylic acids is 1. The van der Waals surface area contributed by atoms with Gasteiger partial charge in [0.15, 0.2) is 18.6 Å². The van der Waals surface area contributed by atoms with Crippen molar-refractivity contribution in [3.63, 3.8) is 0 Å². The highest BCUT2D eigenvalue weighted by atomic mass is 35.5. The molecule has 1 aliphatic rings. The van der Waals surface area contributed by atoms with Crippen LogP contribution in [-0.4, -0.2) is 77.4 Å². The number of aliphatic carboxylic acids is 2. The number of carboxylic acids is 2. The van der Waals surface area contributed by atoms with Crippen molar-refractivity contribution in [2.75, 3.05) is 27.7 Å². The maximum atomic E-state index is 10.8. The molecule has 128 valence electrons. The van der Waals surface area contributed by atoms with Crippen LogP contribution in [0.1, 0.15) is 13.8 Å². The third kappa shape index (κ3) is 6.99. The second-order valence-corrected chi connectivity index (χ2v) is 5.92. The highest BCUT2D eigenvalue weighted by Crippen LogP contribution is 2.20. The number of aliphatic hydroxyl groups is 1. The number of aliphatic imine (C=N–C) groups is 1. The predicted molar refractivity (Wildman–Crippen MR) is 74.6 cm³/mol. The molecule has 0 saturated heterocycles. The molecule has 0 fully saturated rings. The third-order valence-electron chi connectivity index (χ3n) is 2.96. The molecule has 0 bridgehead atoms. The van der Waals surface area contributed by atoms with Crippen LogP contribution in [-0.2, 0) is 9.59 Å². The van der Waals surface area contributed by atoms with Gasteiger partial charge in [0.05, 0.1) is 33.3 Å². The van der Waals surface area contributed by atoms with Crippen molar-refractivity contribution in [1.82, 2.24) is 0 Å². The molecule has 2 N–H and O–H groups in total. The fourth-order valence-electron chi connectivity index (χ4n) is 1.70. The number of nitrogens with zero attached hydrogens (tertiary/aromatic N) is 3. The molecule has 0 aliphatic carbocycles. The monoisotopic (exact) mass is 337 g/mol. The summed E-state index contributed by atoms with van der Waals surface area (Å²) in [4.78, 5) is 24.5. The average molecular weight is 338 g/mol. The molecule has 0 aromatic heterocycles. The van der Waals surface area contributed by atoms with Crippen molar-refractivity contribution in [3.05, 3.63) is 12.4 Å². The van der Waals surface area contributed by atoms with Gasteiger partial charge >= 0.3 is 5.97 Å². The van der Waals surface area contributed by atoms with Gasteiger partial charge in [0.2, 0.25) is 0 Å². The van der Waals surface area contributed by atoms with E-state index in [4.69, 9.17) is 5.11 Å². The second kappa shape index (κ2) is 8.84. The van der Waals surface area contributed by atoms with Crippen molar-refractivity contribution in [1.29, 1.82) is 0 Å². The van der Waals surface area contributed by atoms with Crippen molar-refractivity contribution >= 4 is 18.3 Å². The van der Waals surface area contributed by atoms with Crippen LogP contribution in [0.2, 0.25) is 0 Å². The number of aliphatic hydroxyl groups excluding tert-OH is 1. The number of hydrogen-bond acceptors (Lipinski definition) is 5. The van der Waals surface area contributed by atoms with E-state index in [1.807, 2.05) is 0 Å². The van der Waals surface area contributed by atoms with E-state index in [2.05, 4.69) is 4.99 Å². The van der Waals surface area contributed by atoms with Crippen LogP contribution in [0, 0.1) is 0 Å². The Bertz CT molecular complexity index is 431. The first-order valence-electron chi connectivity index (χ1n) is 6.43. The molecule has 22 heavy (non-hydrogen) atoms. The molecule has 3 atom stereocenters. The van der Waals surface area contributed by atoms with Crippen LogP contribution in [0.25, 0.3) is 0 Å². The molecular weight excluding hydrogens is 314 g/mol. The molecule has 3 unspecified atom stereocenters. The van der Waals surface area contributed by atoms with Gasteiger partial charge in [0.1, 0.15) is 12.7 Å². The van der Waals surface area contributed by atoms with Gasteiger partial charge in [-0.2, -0.15) is 0 Å². The highest BCUT2D eigenvalue weighted by molar-refractivity contribution is 5.74. The van der Waals surface area contributed by atoms with Gasteiger partial charge in [-0.15, -0.1) is 0 Å². The van der Waals surface area contributed by atoms with Crippen LogP contribution >= 0.6 is 0 Å². The normalized spacial score (nSPS) is 22.1. The van der Waals surface area contributed by atoms with Crippen LogP contribution < -0.4 is 17.5 Å². The minimum Gasteiger partial charge on any atom is -1.00 e. The largest absolute Gasteiger partial charge is 1.00 e. The number of rotatable bonds is 5. The molecule has 0 amide bonds. The molecule has 0 aromatic rings. The van der Waals surface area contributed by atoms with Crippen LogP contribution in [0.15, 0.2) is 17.4 Å². The summed E-state index contributed by atoms with van der Waals surface area (Å²) in [6.45, 7) is 3.15. The summed E-state index contributed by atoms with van der Waals surface area (Å²) in [5, 5.41) is 28.2. The number of quaternary nitrogens is 2. The quantitative estimate of drug-likeness (QED) is 0.492. The summed E-state index contributed by atoms with van der Waals surface area (Å²) < 4.78 is 0.275. The fraction of sp³-hybridized carbons (Fsp3) is 0.615. The van der Waals surface area contributed by atoms with E-state index in [0.717, 1.165) is 0 Å². The van der Waals surface area contributed by atoms with Gasteiger partial charge in [-0.1, -0.05) is 0 Å². The van der Waals surface area contributed by atoms with E-state index >= 15 is 0 Å². The summed E-state index contributed by atoms with van der Waals surface area (Å²) in [5.74, 6) is -1.96. The first-order valence-corrected chi connectivity index (χ1v) is 6.43. The van der Waals surface area contributed by atoms with E-state index in [-0.39, 0.29) is 23.4 Å². The van der Waals surface area contributed by atoms with E-state index < -0.39 is 24.2 Å². The number of halogens is 1. The summed E-state index contributed by atoms with van der Waals surface area (Å²) in [6.07, 6.45) is 3.69. The molecule has 8 nitrogen and oxygen atoms in total. The minimum atomic E-state index is -1.00. The average Bonchev–Trinajstić information content (AvgIpc) is 2.75. The molecule has 0 radical (unpaired) electrons. The zero-order valence-electron chi connectivity index (χ0n) is 13.4. The van der Waals surface area contributed by atoms with Gasteiger partial charge < -0.3 is 37.0 Å². The first-order chi connectivity index (χ1) is 9.42. The summed E-state index contributed by atoms with van der Waals surface area (Å²) in [5.41, 5.74) is 0. The number of likely N-dealkylation sites (N-methyl/N-ethyl adjacent to an activating group) is 1. The second-order valence-electron chi connectivity index (χ2n) is 5.92. The maximum Gasteiger partial charge on any atom is 0.363 e. The minimum absolute atomic E-state index is 0. The Morgan fingerprint density at radius 2 is 1.82 bits per heavy atom. The molecule has 9 heteroatoms. The summed E-state index contributed by atoms with van der Waals surface area (Å²) in [6, 6.07) is -0.734. The molecule has 1 rings (SSSR count). The smallest absolute Gasteiger partial charge is 0.363 e. The lowest BCUT2D eigenvalue weighted by molar-refractivity contribution is -0.864. The van der Waals surface area contributed by atoms with E-state index in [9.17, 15) is 19.8 Å². The van der Waals surface area contributed by atoms with E-state index in [1.165, 1.54) is 19.5 Å². The summed E-state index contributed by atoms with van der Waals surface area (Å²) >= 11 is 0. The molecule has 0 saturated carbocycles. The molecule has 1 aliphatic heterocycles. The SMILES string of the molecule is CC(O)[N+]1(C(C)C(=O)O)C=CN=C1.C[N+](C)(C)CC(=O)[O-].[Cl-]. The molecule has 0 spiro atoms. The lowest BCUT2D eigenvalue weighted by Crippen LogP contribution is -3.00. The Morgan fingerprint density at radius 3 is 2.00 bits per heavy atom. The zero-order valence-corrected chi connectivity index (χ0v) is 14.2. The van der Waals surface area contributed by atoms with Gasteiger partial charge in [0, 0.05) is 6.92 Å².